The summed E-state index contributed by atoms with van der Waals surface area (Å²) >= 11 is 0. The minimum absolute atomic E-state index is 0.0412. The van der Waals surface area contributed by atoms with Crippen molar-refractivity contribution in [2.45, 2.75) is 250 Å². The van der Waals surface area contributed by atoms with Crippen LogP contribution in [0.15, 0.2) is 252 Å². The number of fused-ring (bicyclic) bond motifs is 23. The molecule has 0 saturated carbocycles. The zero-order valence-corrected chi connectivity index (χ0v) is 72.8. The van der Waals surface area contributed by atoms with E-state index in [4.69, 9.17) is 8.83 Å². The molecule has 0 amide bonds. The molecule has 0 fully saturated rings. The molecule has 5 aliphatic carbocycles. The molecule has 0 unspecified atom stereocenters. The zero-order valence-electron chi connectivity index (χ0n) is 72.8. The van der Waals surface area contributed by atoms with Gasteiger partial charge in [-0.05, 0) is 256 Å². The molecule has 0 atom stereocenters. The Bertz CT molecular complexity index is 6440. The van der Waals surface area contributed by atoms with Crippen molar-refractivity contribution >= 4 is 60.9 Å². The van der Waals surface area contributed by atoms with Gasteiger partial charge in [-0.2, -0.15) is 0 Å². The van der Waals surface area contributed by atoms with Crippen molar-refractivity contribution in [2.75, 3.05) is 4.90 Å². The number of aromatic nitrogens is 1. The van der Waals surface area contributed by atoms with Crippen molar-refractivity contribution < 1.29 is 8.83 Å². The zero-order chi connectivity index (χ0) is 81.8. The maximum atomic E-state index is 7.36. The number of pyridine rings is 1. The lowest BCUT2D eigenvalue weighted by Crippen LogP contribution is -2.26. The summed E-state index contributed by atoms with van der Waals surface area (Å²) in [6, 6.07) is 90.5. The van der Waals surface area contributed by atoms with Gasteiger partial charge in [0.05, 0.1) is 0 Å². The van der Waals surface area contributed by atoms with Crippen LogP contribution in [0.5, 0.6) is 0 Å². The normalized spacial score (nSPS) is 15.2. The number of hydrogen-bond donors (Lipinski definition) is 0. The molecule has 5 aliphatic rings. The molecule has 0 spiro atoms. The molecule has 0 N–H and O–H groups in total. The van der Waals surface area contributed by atoms with Crippen LogP contribution in [-0.4, -0.2) is 4.98 Å². The van der Waals surface area contributed by atoms with Gasteiger partial charge in [0.25, 0.3) is 0 Å². The standard InChI is InChI=1S/C116H118N2O2/c1-11-15-19-23-33-61-115(62-34-24-20-16-12-2)94-40-30-27-37-83(94)86-54-49-79(69-101(86)115)78-48-53-85-84-52-47-77(67-96(84)113(7,8)97(85)68-78)75-43-45-76(46-44-75)91-72-103-107(110-90-39-29-32-42-105(90)120-111(91)110)88-56-51-82(71-102(88)116(103,63-35-25-21-17-13-3)64-36-26-22-18-14-4)118(80-59-65-117-66-60-80)81-50-55-87-92-73-100-93(74-99(92)114(9,10)98(87)70-81)108-95(112(100,5)6)57-58-106-109(108)89-38-28-31-41-104(89)119-106/h27-32,37-60,65-74H,11-26,33-36,61-64H2,1-10H3. The Morgan fingerprint density at radius 1 is 0.258 bits per heavy atom. The lowest BCUT2D eigenvalue weighted by Gasteiger charge is -2.34. The molecule has 604 valence electrons. The summed E-state index contributed by atoms with van der Waals surface area (Å²) in [5.74, 6) is 0. The summed E-state index contributed by atoms with van der Waals surface area (Å²) in [4.78, 5) is 7.20. The SMILES string of the molecule is CCCCCCCC1(CCCCCCC)c2ccccc2-c2ccc(-c3ccc4c(c3)C(C)(C)c3cc(-c5ccc(-c6cc7c(c8c6oc6ccccc68)-c6ccc(N(c8ccncc8)c8ccc9c(c8)C(C)(C)c8cc%10c(cc8-9)C(C)(C)c8ccc9oc%11ccccc%11c9c8-%10)cc6C7(CCCCCCC)CCCCCCC)cc5)ccc3-4)cc21. The predicted octanol–water partition coefficient (Wildman–Crippen LogP) is 34.2. The number of para-hydroxylation sites is 2. The van der Waals surface area contributed by atoms with Crippen LogP contribution in [0.1, 0.15) is 279 Å². The van der Waals surface area contributed by atoms with Gasteiger partial charge in [-0.1, -0.05) is 337 Å². The summed E-state index contributed by atoms with van der Waals surface area (Å²) in [5, 5.41) is 4.83. The molecule has 0 radical (unpaired) electrons. The first kappa shape index (κ1) is 77.8. The van der Waals surface area contributed by atoms with Gasteiger partial charge in [-0.15, -0.1) is 0 Å². The molecule has 12 aromatic carbocycles. The van der Waals surface area contributed by atoms with Gasteiger partial charge in [0.1, 0.15) is 22.3 Å². The Morgan fingerprint density at radius 2 is 0.658 bits per heavy atom. The fourth-order valence-corrected chi connectivity index (χ4v) is 23.6. The molecule has 0 bridgehead atoms. The number of benzene rings is 12. The third kappa shape index (κ3) is 12.6. The third-order valence-corrected chi connectivity index (χ3v) is 30.0. The van der Waals surface area contributed by atoms with Gasteiger partial charge in [-0.3, -0.25) is 4.98 Å². The maximum absolute atomic E-state index is 7.36. The summed E-state index contributed by atoms with van der Waals surface area (Å²) in [5.41, 5.74) is 41.7. The first-order valence-electron chi connectivity index (χ1n) is 46.4. The summed E-state index contributed by atoms with van der Waals surface area (Å²) in [7, 11) is 0. The molecule has 3 aromatic heterocycles. The first-order valence-corrected chi connectivity index (χ1v) is 46.4. The van der Waals surface area contributed by atoms with Gasteiger partial charge < -0.3 is 13.7 Å². The highest BCUT2D eigenvalue weighted by atomic mass is 16.3. The van der Waals surface area contributed by atoms with E-state index in [2.05, 4.69) is 310 Å². The molecule has 120 heavy (non-hydrogen) atoms. The minimum Gasteiger partial charge on any atom is -0.456 e. The van der Waals surface area contributed by atoms with Crippen LogP contribution in [0, 0.1) is 0 Å². The van der Waals surface area contributed by atoms with Gasteiger partial charge >= 0.3 is 0 Å². The molecular formula is C116H118N2O2. The van der Waals surface area contributed by atoms with Gasteiger partial charge in [0.15, 0.2) is 0 Å². The van der Waals surface area contributed by atoms with E-state index in [-0.39, 0.29) is 27.1 Å². The summed E-state index contributed by atoms with van der Waals surface area (Å²) in [6.07, 6.45) is 33.8. The fourth-order valence-electron chi connectivity index (χ4n) is 23.6. The van der Waals surface area contributed by atoms with Gasteiger partial charge in [0, 0.05) is 83.6 Å². The Hall–Kier alpha value is -10.8. The van der Waals surface area contributed by atoms with E-state index in [1.54, 1.807) is 11.1 Å². The quantitative estimate of drug-likeness (QED) is 0.0421. The van der Waals surface area contributed by atoms with Crippen LogP contribution in [-0.2, 0) is 27.1 Å². The number of nitrogens with zero attached hydrogens (tertiary/aromatic N) is 2. The highest BCUT2D eigenvalue weighted by molar-refractivity contribution is 6.19. The monoisotopic (exact) mass is 1570 g/mol. The van der Waals surface area contributed by atoms with Gasteiger partial charge in [0.2, 0.25) is 0 Å². The van der Waals surface area contributed by atoms with E-state index in [1.807, 2.05) is 12.4 Å². The second-order valence-corrected chi connectivity index (χ2v) is 38.2. The van der Waals surface area contributed by atoms with Crippen LogP contribution < -0.4 is 4.90 Å². The molecule has 0 saturated heterocycles. The molecule has 4 heteroatoms. The largest absolute Gasteiger partial charge is 0.456 e. The van der Waals surface area contributed by atoms with E-state index >= 15 is 0 Å². The highest BCUT2D eigenvalue weighted by Crippen LogP contribution is 2.64. The average Bonchev–Trinajstić information content (AvgIpc) is 1.54. The van der Waals surface area contributed by atoms with E-state index in [9.17, 15) is 0 Å². The number of hydrogen-bond acceptors (Lipinski definition) is 4. The minimum atomic E-state index is -0.300. The summed E-state index contributed by atoms with van der Waals surface area (Å²) in [6.45, 7) is 24.0. The van der Waals surface area contributed by atoms with Crippen LogP contribution in [0.3, 0.4) is 0 Å². The average molecular weight is 1570 g/mol. The van der Waals surface area contributed by atoms with Crippen LogP contribution in [0.4, 0.5) is 17.1 Å². The van der Waals surface area contributed by atoms with Gasteiger partial charge in [-0.25, -0.2) is 0 Å². The summed E-state index contributed by atoms with van der Waals surface area (Å²) < 4.78 is 13.9. The third-order valence-electron chi connectivity index (χ3n) is 30.0. The van der Waals surface area contributed by atoms with Crippen molar-refractivity contribution in [1.29, 1.82) is 0 Å². The molecule has 0 aliphatic heterocycles. The van der Waals surface area contributed by atoms with Crippen LogP contribution in [0.2, 0.25) is 0 Å². The molecule has 15 aromatic rings. The van der Waals surface area contributed by atoms with E-state index in [0.29, 0.717) is 0 Å². The smallest absolute Gasteiger partial charge is 0.143 e. The lowest BCUT2D eigenvalue weighted by atomic mass is 9.70. The second-order valence-electron chi connectivity index (χ2n) is 38.2. The molecule has 20 rings (SSSR count). The topological polar surface area (TPSA) is 42.4 Å². The molecule has 3 heterocycles. The molecule has 4 nitrogen and oxygen atoms in total. The van der Waals surface area contributed by atoms with E-state index < -0.39 is 0 Å². The van der Waals surface area contributed by atoms with Crippen molar-refractivity contribution in [2.24, 2.45) is 0 Å². The lowest BCUT2D eigenvalue weighted by molar-refractivity contribution is 0.399. The van der Waals surface area contributed by atoms with Crippen molar-refractivity contribution in [3.05, 3.63) is 299 Å². The highest BCUT2D eigenvalue weighted by Gasteiger charge is 2.48. The number of unbranched alkanes of at least 4 members (excludes halogenated alkanes) is 16. The number of anilines is 3. The van der Waals surface area contributed by atoms with E-state index in [1.165, 1.54) is 289 Å². The van der Waals surface area contributed by atoms with Crippen molar-refractivity contribution in [3.8, 4) is 89.0 Å². The fraction of sp³-hybridized carbons (Fsp3) is 0.336. The Morgan fingerprint density at radius 3 is 1.26 bits per heavy atom. The van der Waals surface area contributed by atoms with Crippen LogP contribution in [0.25, 0.3) is 133 Å². The van der Waals surface area contributed by atoms with E-state index in [0.717, 1.165) is 59.4 Å². The predicted molar refractivity (Wildman–Crippen MR) is 508 cm³/mol. The van der Waals surface area contributed by atoms with Crippen molar-refractivity contribution in [3.63, 3.8) is 0 Å². The van der Waals surface area contributed by atoms with Crippen molar-refractivity contribution in [1.82, 2.24) is 4.98 Å². The Balaban J connectivity index is 0.661. The second kappa shape index (κ2) is 31.0. The molecular weight excluding hydrogens is 1450 g/mol. The van der Waals surface area contributed by atoms with Crippen LogP contribution >= 0.6 is 0 Å². The Kier molecular flexibility index (Phi) is 20.1. The number of furan rings is 2. The number of rotatable bonds is 30. The maximum Gasteiger partial charge on any atom is 0.143 e. The first-order chi connectivity index (χ1) is 58.6. The Labute approximate surface area is 713 Å².